The molecule has 0 spiro atoms. The predicted octanol–water partition coefficient (Wildman–Crippen LogP) is 4.08. The summed E-state index contributed by atoms with van der Waals surface area (Å²) in [6.45, 7) is 4.18. The predicted molar refractivity (Wildman–Crippen MR) is 110 cm³/mol. The van der Waals surface area contributed by atoms with Gasteiger partial charge in [0.1, 0.15) is 11.5 Å². The summed E-state index contributed by atoms with van der Waals surface area (Å²) in [5.74, 6) is -0.0982. The molecule has 0 aliphatic heterocycles. The Morgan fingerprint density at radius 1 is 1.07 bits per heavy atom. The number of hydrogen-bond donors (Lipinski definition) is 1. The summed E-state index contributed by atoms with van der Waals surface area (Å²) >= 11 is 5.96. The first-order valence-corrected chi connectivity index (χ1v) is 9.37. The lowest BCUT2D eigenvalue weighted by molar-refractivity contribution is -0.123. The minimum atomic E-state index is -1.04. The van der Waals surface area contributed by atoms with Crippen LogP contribution in [0.2, 0.25) is 5.02 Å². The second-order valence-electron chi connectivity index (χ2n) is 6.05. The van der Waals surface area contributed by atoms with E-state index in [0.29, 0.717) is 46.5 Å². The maximum Gasteiger partial charge on any atom is 0.338 e. The standard InChI is InChI=1S/C21H24ClNO6/c1-5-28-12-15-10-14(6-8-18(15)26-3)21(25)29-13(2)20(24)23-17-11-16(22)7-9-19(17)27-4/h6-11,13H,5,12H2,1-4H3,(H,23,24)/t13-/m0/s1. The lowest BCUT2D eigenvalue weighted by Crippen LogP contribution is -2.30. The van der Waals surface area contributed by atoms with Crippen LogP contribution in [0.15, 0.2) is 36.4 Å². The minimum absolute atomic E-state index is 0.292. The van der Waals surface area contributed by atoms with E-state index < -0.39 is 18.0 Å². The second-order valence-corrected chi connectivity index (χ2v) is 6.48. The molecule has 0 fully saturated rings. The molecule has 156 valence electrons. The van der Waals surface area contributed by atoms with Gasteiger partial charge in [0.05, 0.1) is 32.1 Å². The Balaban J connectivity index is 2.08. The van der Waals surface area contributed by atoms with Gasteiger partial charge in [-0.15, -0.1) is 0 Å². The maximum absolute atomic E-state index is 12.5. The van der Waals surface area contributed by atoms with Gasteiger partial charge in [-0.25, -0.2) is 4.79 Å². The van der Waals surface area contributed by atoms with Crippen molar-refractivity contribution in [2.45, 2.75) is 26.6 Å². The largest absolute Gasteiger partial charge is 0.496 e. The number of halogens is 1. The molecule has 8 heteroatoms. The number of esters is 1. The molecule has 1 atom stereocenters. The second kappa shape index (κ2) is 10.7. The molecule has 0 aliphatic carbocycles. The van der Waals surface area contributed by atoms with Crippen molar-refractivity contribution in [1.29, 1.82) is 0 Å². The van der Waals surface area contributed by atoms with Crippen LogP contribution in [-0.4, -0.2) is 38.8 Å². The highest BCUT2D eigenvalue weighted by molar-refractivity contribution is 6.31. The van der Waals surface area contributed by atoms with Crippen molar-refractivity contribution in [1.82, 2.24) is 0 Å². The van der Waals surface area contributed by atoms with Gasteiger partial charge in [-0.05, 0) is 50.2 Å². The van der Waals surface area contributed by atoms with E-state index in [1.54, 1.807) is 43.5 Å². The summed E-state index contributed by atoms with van der Waals surface area (Å²) in [7, 11) is 3.02. The van der Waals surface area contributed by atoms with Crippen molar-refractivity contribution in [2.75, 3.05) is 26.1 Å². The van der Waals surface area contributed by atoms with Gasteiger partial charge in [0.15, 0.2) is 6.10 Å². The molecule has 0 heterocycles. The molecule has 0 saturated carbocycles. The van der Waals surface area contributed by atoms with E-state index in [9.17, 15) is 9.59 Å². The van der Waals surface area contributed by atoms with Crippen molar-refractivity contribution in [3.63, 3.8) is 0 Å². The summed E-state index contributed by atoms with van der Waals surface area (Å²) in [6.07, 6.45) is -1.04. The van der Waals surface area contributed by atoms with Crippen LogP contribution in [0.3, 0.4) is 0 Å². The van der Waals surface area contributed by atoms with Crippen LogP contribution < -0.4 is 14.8 Å². The third-order valence-corrected chi connectivity index (χ3v) is 4.29. The zero-order valence-corrected chi connectivity index (χ0v) is 17.5. The Kier molecular flexibility index (Phi) is 8.30. The molecule has 7 nitrogen and oxygen atoms in total. The van der Waals surface area contributed by atoms with E-state index in [2.05, 4.69) is 5.32 Å². The first kappa shape index (κ1) is 22.5. The zero-order valence-electron chi connectivity index (χ0n) is 16.8. The van der Waals surface area contributed by atoms with E-state index in [-0.39, 0.29) is 0 Å². The summed E-state index contributed by atoms with van der Waals surface area (Å²) in [4.78, 5) is 24.9. The van der Waals surface area contributed by atoms with Crippen LogP contribution in [0.1, 0.15) is 29.8 Å². The molecule has 0 aromatic heterocycles. The van der Waals surface area contributed by atoms with Gasteiger partial charge < -0.3 is 24.3 Å². The maximum atomic E-state index is 12.5. The highest BCUT2D eigenvalue weighted by Crippen LogP contribution is 2.28. The Morgan fingerprint density at radius 3 is 2.41 bits per heavy atom. The number of anilines is 1. The monoisotopic (exact) mass is 421 g/mol. The van der Waals surface area contributed by atoms with Crippen LogP contribution in [-0.2, 0) is 20.9 Å². The van der Waals surface area contributed by atoms with E-state index in [1.165, 1.54) is 14.0 Å². The fraction of sp³-hybridized carbons (Fsp3) is 0.333. The SMILES string of the molecule is CCOCc1cc(C(=O)O[C@@H](C)C(=O)Nc2cc(Cl)ccc2OC)ccc1OC. The zero-order chi connectivity index (χ0) is 21.4. The Labute approximate surface area is 174 Å². The van der Waals surface area contributed by atoms with E-state index in [0.717, 1.165) is 0 Å². The van der Waals surface area contributed by atoms with Gasteiger partial charge in [-0.1, -0.05) is 11.6 Å². The molecule has 2 rings (SSSR count). The van der Waals surface area contributed by atoms with Crippen LogP contribution in [0, 0.1) is 0 Å². The number of amides is 1. The quantitative estimate of drug-likeness (QED) is 0.614. The third kappa shape index (κ3) is 6.10. The smallest absolute Gasteiger partial charge is 0.338 e. The summed E-state index contributed by atoms with van der Waals surface area (Å²) in [5.41, 5.74) is 1.39. The summed E-state index contributed by atoms with van der Waals surface area (Å²) in [5, 5.41) is 3.09. The number of benzene rings is 2. The van der Waals surface area contributed by atoms with Crippen molar-refractivity contribution < 1.29 is 28.5 Å². The molecule has 0 saturated heterocycles. The topological polar surface area (TPSA) is 83.1 Å². The highest BCUT2D eigenvalue weighted by Gasteiger charge is 2.21. The third-order valence-electron chi connectivity index (χ3n) is 4.05. The lowest BCUT2D eigenvalue weighted by atomic mass is 10.1. The van der Waals surface area contributed by atoms with Gasteiger partial charge in [0, 0.05) is 17.2 Å². The van der Waals surface area contributed by atoms with Crippen molar-refractivity contribution in [3.8, 4) is 11.5 Å². The summed E-state index contributed by atoms with van der Waals surface area (Å²) < 4.78 is 21.2. The highest BCUT2D eigenvalue weighted by atomic mass is 35.5. The van der Waals surface area contributed by atoms with Gasteiger partial charge in [0.25, 0.3) is 5.91 Å². The molecule has 0 bridgehead atoms. The fourth-order valence-corrected chi connectivity index (χ4v) is 2.70. The van der Waals surface area contributed by atoms with Crippen molar-refractivity contribution in [3.05, 3.63) is 52.5 Å². The fourth-order valence-electron chi connectivity index (χ4n) is 2.52. The number of carbonyl (C=O) groups is 2. The number of hydrogen-bond acceptors (Lipinski definition) is 6. The van der Waals surface area contributed by atoms with Crippen LogP contribution in [0.4, 0.5) is 5.69 Å². The minimum Gasteiger partial charge on any atom is -0.496 e. The molecule has 1 N–H and O–H groups in total. The average Bonchev–Trinajstić information content (AvgIpc) is 2.72. The molecule has 2 aromatic carbocycles. The van der Waals surface area contributed by atoms with Gasteiger partial charge >= 0.3 is 5.97 Å². The summed E-state index contributed by atoms with van der Waals surface area (Å²) in [6, 6.07) is 9.68. The van der Waals surface area contributed by atoms with E-state index >= 15 is 0 Å². The van der Waals surface area contributed by atoms with Crippen molar-refractivity contribution in [2.24, 2.45) is 0 Å². The molecular weight excluding hydrogens is 398 g/mol. The van der Waals surface area contributed by atoms with E-state index in [1.807, 2.05) is 6.92 Å². The first-order chi connectivity index (χ1) is 13.9. The molecule has 1 amide bonds. The first-order valence-electron chi connectivity index (χ1n) is 8.99. The van der Waals surface area contributed by atoms with Gasteiger partial charge in [-0.3, -0.25) is 4.79 Å². The molecule has 0 radical (unpaired) electrons. The van der Waals surface area contributed by atoms with Gasteiger partial charge in [-0.2, -0.15) is 0 Å². The molecule has 0 unspecified atom stereocenters. The van der Waals surface area contributed by atoms with Gasteiger partial charge in [0.2, 0.25) is 0 Å². The number of nitrogens with one attached hydrogen (secondary N) is 1. The molecular formula is C21H24ClNO6. The van der Waals surface area contributed by atoms with Crippen LogP contribution in [0.25, 0.3) is 0 Å². The van der Waals surface area contributed by atoms with E-state index in [4.69, 9.17) is 30.5 Å². The Morgan fingerprint density at radius 2 is 1.76 bits per heavy atom. The number of ether oxygens (including phenoxy) is 4. The number of methoxy groups -OCH3 is 2. The Bertz CT molecular complexity index is 870. The molecule has 2 aromatic rings. The van der Waals surface area contributed by atoms with Crippen molar-refractivity contribution >= 4 is 29.2 Å². The number of rotatable bonds is 9. The van der Waals surface area contributed by atoms with Crippen LogP contribution >= 0.6 is 11.6 Å². The average molecular weight is 422 g/mol. The normalized spacial score (nSPS) is 11.5. The Hall–Kier alpha value is -2.77. The number of carbonyl (C=O) groups excluding carboxylic acids is 2. The molecule has 0 aliphatic rings. The molecule has 29 heavy (non-hydrogen) atoms. The lowest BCUT2D eigenvalue weighted by Gasteiger charge is -2.16. The van der Waals surface area contributed by atoms with Crippen LogP contribution in [0.5, 0.6) is 11.5 Å².